The van der Waals surface area contributed by atoms with Crippen LogP contribution in [0, 0.1) is 0 Å². The van der Waals surface area contributed by atoms with Gasteiger partial charge in [-0.25, -0.2) is 0 Å². The fraction of sp³-hybridized carbons (Fsp3) is 0.308. The van der Waals surface area contributed by atoms with E-state index in [2.05, 4.69) is 10.4 Å². The van der Waals surface area contributed by atoms with Crippen LogP contribution in [0.4, 0.5) is 5.69 Å². The summed E-state index contributed by atoms with van der Waals surface area (Å²) in [6, 6.07) is 4.74. The number of anilines is 1. The van der Waals surface area contributed by atoms with Crippen LogP contribution >= 0.6 is 0 Å². The Morgan fingerprint density at radius 3 is 2.89 bits per heavy atom. The Labute approximate surface area is 111 Å². The van der Waals surface area contributed by atoms with Crippen LogP contribution in [0.1, 0.15) is 5.56 Å². The molecule has 0 radical (unpaired) electrons. The largest absolute Gasteiger partial charge is 0.504 e. The normalized spacial score (nSPS) is 10.6. The van der Waals surface area contributed by atoms with Crippen LogP contribution in [0.25, 0.3) is 0 Å². The fourth-order valence-corrected chi connectivity index (χ4v) is 1.65. The summed E-state index contributed by atoms with van der Waals surface area (Å²) in [6.45, 7) is 1.87. The van der Waals surface area contributed by atoms with Crippen LogP contribution < -0.4 is 5.32 Å². The molecular formula is C13H17N3O3. The van der Waals surface area contributed by atoms with Gasteiger partial charge in [0.25, 0.3) is 0 Å². The monoisotopic (exact) mass is 263 g/mol. The van der Waals surface area contributed by atoms with E-state index in [0.717, 1.165) is 11.3 Å². The van der Waals surface area contributed by atoms with Gasteiger partial charge < -0.3 is 20.3 Å². The first-order valence-corrected chi connectivity index (χ1v) is 5.95. The van der Waals surface area contributed by atoms with Gasteiger partial charge in [-0.3, -0.25) is 4.68 Å². The Hall–Kier alpha value is -2.21. The van der Waals surface area contributed by atoms with Crippen LogP contribution in [-0.2, 0) is 17.8 Å². The molecule has 1 aromatic carbocycles. The van der Waals surface area contributed by atoms with Gasteiger partial charge in [0.1, 0.15) is 0 Å². The van der Waals surface area contributed by atoms with Gasteiger partial charge in [-0.15, -0.1) is 0 Å². The lowest BCUT2D eigenvalue weighted by atomic mass is 10.2. The Morgan fingerprint density at radius 2 is 2.16 bits per heavy atom. The number of aromatic nitrogens is 2. The van der Waals surface area contributed by atoms with Gasteiger partial charge >= 0.3 is 0 Å². The summed E-state index contributed by atoms with van der Waals surface area (Å²) in [7, 11) is 1.65. The van der Waals surface area contributed by atoms with Crippen molar-refractivity contribution in [1.29, 1.82) is 0 Å². The number of benzene rings is 1. The van der Waals surface area contributed by atoms with E-state index in [9.17, 15) is 10.2 Å². The fourth-order valence-electron chi connectivity index (χ4n) is 1.65. The molecule has 1 heterocycles. The van der Waals surface area contributed by atoms with E-state index in [-0.39, 0.29) is 11.5 Å². The molecule has 0 aliphatic heterocycles. The van der Waals surface area contributed by atoms with Crippen molar-refractivity contribution in [2.45, 2.75) is 13.1 Å². The van der Waals surface area contributed by atoms with E-state index in [1.807, 2.05) is 6.20 Å². The Bertz CT molecular complexity index is 540. The second-order valence-corrected chi connectivity index (χ2v) is 4.16. The van der Waals surface area contributed by atoms with Gasteiger partial charge in [-0.05, 0) is 17.7 Å². The average molecular weight is 263 g/mol. The lowest BCUT2D eigenvalue weighted by molar-refractivity contribution is 0.183. The minimum absolute atomic E-state index is 0.115. The number of methoxy groups -OCH3 is 1. The van der Waals surface area contributed by atoms with Crippen molar-refractivity contribution in [1.82, 2.24) is 9.78 Å². The van der Waals surface area contributed by atoms with Crippen molar-refractivity contribution in [3.05, 3.63) is 36.2 Å². The molecule has 0 spiro atoms. The van der Waals surface area contributed by atoms with E-state index in [4.69, 9.17) is 4.74 Å². The van der Waals surface area contributed by atoms with Crippen molar-refractivity contribution < 1.29 is 14.9 Å². The molecule has 102 valence electrons. The first kappa shape index (κ1) is 13.2. The summed E-state index contributed by atoms with van der Waals surface area (Å²) >= 11 is 0. The first-order valence-electron chi connectivity index (χ1n) is 5.95. The SMILES string of the molecule is COCCn1cc(NCc2ccc(O)c(O)c2)cn1. The predicted molar refractivity (Wildman–Crippen MR) is 71.2 cm³/mol. The topological polar surface area (TPSA) is 79.5 Å². The summed E-state index contributed by atoms with van der Waals surface area (Å²) in [5, 5.41) is 26.0. The lowest BCUT2D eigenvalue weighted by Crippen LogP contribution is -2.04. The van der Waals surface area contributed by atoms with Crippen LogP contribution in [-0.4, -0.2) is 33.7 Å². The third-order valence-corrected chi connectivity index (χ3v) is 2.69. The van der Waals surface area contributed by atoms with E-state index >= 15 is 0 Å². The molecule has 6 heteroatoms. The Morgan fingerprint density at radius 1 is 1.32 bits per heavy atom. The molecule has 0 saturated heterocycles. The van der Waals surface area contributed by atoms with Gasteiger partial charge in [0, 0.05) is 19.9 Å². The molecule has 0 fully saturated rings. The molecule has 0 bridgehead atoms. The second-order valence-electron chi connectivity index (χ2n) is 4.16. The van der Waals surface area contributed by atoms with E-state index in [1.54, 1.807) is 24.1 Å². The highest BCUT2D eigenvalue weighted by molar-refractivity contribution is 5.43. The number of phenolic OH excluding ortho intramolecular Hbond substituents is 2. The average Bonchev–Trinajstić information content (AvgIpc) is 2.86. The maximum absolute atomic E-state index is 9.39. The molecule has 2 aromatic rings. The maximum Gasteiger partial charge on any atom is 0.157 e. The number of hydrogen-bond donors (Lipinski definition) is 3. The highest BCUT2D eigenvalue weighted by Gasteiger charge is 2.02. The van der Waals surface area contributed by atoms with Gasteiger partial charge in [0.15, 0.2) is 11.5 Å². The molecule has 0 unspecified atom stereocenters. The van der Waals surface area contributed by atoms with Crippen molar-refractivity contribution >= 4 is 5.69 Å². The predicted octanol–water partition coefficient (Wildman–Crippen LogP) is 1.55. The quantitative estimate of drug-likeness (QED) is 0.689. The van der Waals surface area contributed by atoms with Crippen LogP contribution in [0.5, 0.6) is 11.5 Å². The van der Waals surface area contributed by atoms with E-state index in [0.29, 0.717) is 19.7 Å². The van der Waals surface area contributed by atoms with Crippen molar-refractivity contribution in [2.24, 2.45) is 0 Å². The van der Waals surface area contributed by atoms with Crippen molar-refractivity contribution in [3.8, 4) is 11.5 Å². The van der Waals surface area contributed by atoms with E-state index in [1.165, 1.54) is 12.1 Å². The summed E-state index contributed by atoms with van der Waals surface area (Å²) in [5.74, 6) is -0.230. The maximum atomic E-state index is 9.39. The van der Waals surface area contributed by atoms with Crippen LogP contribution in [0.3, 0.4) is 0 Å². The summed E-state index contributed by atoms with van der Waals surface area (Å²) in [6.07, 6.45) is 3.62. The highest BCUT2D eigenvalue weighted by atomic mass is 16.5. The minimum Gasteiger partial charge on any atom is -0.504 e. The number of ether oxygens (including phenoxy) is 1. The molecule has 0 aliphatic rings. The van der Waals surface area contributed by atoms with Crippen LogP contribution in [0.15, 0.2) is 30.6 Å². The van der Waals surface area contributed by atoms with Crippen LogP contribution in [0.2, 0.25) is 0 Å². The molecule has 0 saturated carbocycles. The van der Waals surface area contributed by atoms with Crippen molar-refractivity contribution in [2.75, 3.05) is 19.0 Å². The standard InChI is InChI=1S/C13H17N3O3/c1-19-5-4-16-9-11(8-15-16)14-7-10-2-3-12(17)13(18)6-10/h2-3,6,8-9,14,17-18H,4-5,7H2,1H3. The smallest absolute Gasteiger partial charge is 0.157 e. The lowest BCUT2D eigenvalue weighted by Gasteiger charge is -2.05. The first-order chi connectivity index (χ1) is 9.19. The Balaban J connectivity index is 1.91. The summed E-state index contributed by atoms with van der Waals surface area (Å²) in [4.78, 5) is 0. The molecular weight excluding hydrogens is 246 g/mol. The third-order valence-electron chi connectivity index (χ3n) is 2.69. The van der Waals surface area contributed by atoms with Crippen molar-refractivity contribution in [3.63, 3.8) is 0 Å². The zero-order valence-electron chi connectivity index (χ0n) is 10.7. The molecule has 1 aromatic heterocycles. The molecule has 0 amide bonds. The zero-order valence-corrected chi connectivity index (χ0v) is 10.7. The van der Waals surface area contributed by atoms with Gasteiger partial charge in [0.2, 0.25) is 0 Å². The molecule has 6 nitrogen and oxygen atoms in total. The second kappa shape index (κ2) is 6.10. The summed E-state index contributed by atoms with van der Waals surface area (Å²) in [5.41, 5.74) is 1.77. The van der Waals surface area contributed by atoms with Gasteiger partial charge in [0.05, 0.1) is 25.0 Å². The molecule has 2 rings (SSSR count). The molecule has 0 aliphatic carbocycles. The number of aromatic hydroxyl groups is 2. The molecule has 3 N–H and O–H groups in total. The minimum atomic E-state index is -0.116. The highest BCUT2D eigenvalue weighted by Crippen LogP contribution is 2.25. The molecule has 0 atom stereocenters. The summed E-state index contributed by atoms with van der Waals surface area (Å²) < 4.78 is 6.77. The number of phenols is 2. The Kier molecular flexibility index (Phi) is 4.25. The number of nitrogens with zero attached hydrogens (tertiary/aromatic N) is 2. The van der Waals surface area contributed by atoms with Gasteiger partial charge in [-0.2, -0.15) is 5.10 Å². The third kappa shape index (κ3) is 3.62. The number of nitrogens with one attached hydrogen (secondary N) is 1. The number of rotatable bonds is 6. The van der Waals surface area contributed by atoms with E-state index < -0.39 is 0 Å². The molecule has 19 heavy (non-hydrogen) atoms. The van der Waals surface area contributed by atoms with Gasteiger partial charge in [-0.1, -0.05) is 6.07 Å². The zero-order chi connectivity index (χ0) is 13.7. The number of hydrogen-bond acceptors (Lipinski definition) is 5.